The first-order chi connectivity index (χ1) is 12.6. The summed E-state index contributed by atoms with van der Waals surface area (Å²) in [6.45, 7) is 8.11. The lowest BCUT2D eigenvalue weighted by atomic mass is 10.00. The van der Waals surface area contributed by atoms with Gasteiger partial charge in [-0.3, -0.25) is 0 Å². The predicted octanol–water partition coefficient (Wildman–Crippen LogP) is 4.71. The van der Waals surface area contributed by atoms with Crippen molar-refractivity contribution in [3.63, 3.8) is 0 Å². The summed E-state index contributed by atoms with van der Waals surface area (Å²) in [5.41, 5.74) is 7.30. The van der Waals surface area contributed by atoms with Crippen LogP contribution in [0.25, 0.3) is 0 Å². The Hall–Kier alpha value is -2.88. The van der Waals surface area contributed by atoms with Crippen LogP contribution < -0.4 is 10.2 Å². The van der Waals surface area contributed by atoms with E-state index in [4.69, 9.17) is 4.98 Å². The maximum absolute atomic E-state index is 4.79. The lowest BCUT2D eigenvalue weighted by Crippen LogP contribution is -2.31. The van der Waals surface area contributed by atoms with Crippen LogP contribution in [0.5, 0.6) is 0 Å². The second-order valence-electron chi connectivity index (χ2n) is 7.13. The predicted molar refractivity (Wildman–Crippen MR) is 107 cm³/mol. The smallest absolute Gasteiger partial charge is 0.229 e. The minimum atomic E-state index is 0.656. The van der Waals surface area contributed by atoms with E-state index in [0.29, 0.717) is 5.95 Å². The minimum Gasteiger partial charge on any atom is -0.352 e. The molecule has 26 heavy (non-hydrogen) atoms. The van der Waals surface area contributed by atoms with Gasteiger partial charge in [-0.1, -0.05) is 30.3 Å². The Balaban J connectivity index is 1.61. The van der Waals surface area contributed by atoms with Crippen LogP contribution in [0.2, 0.25) is 0 Å². The molecular formula is C22H24N4. The molecule has 4 heteroatoms. The van der Waals surface area contributed by atoms with Gasteiger partial charge in [-0.2, -0.15) is 4.98 Å². The Morgan fingerprint density at radius 3 is 2.38 bits per heavy atom. The number of anilines is 3. The molecule has 0 fully saturated rings. The van der Waals surface area contributed by atoms with Gasteiger partial charge in [0.25, 0.3) is 0 Å². The number of benzene rings is 2. The molecule has 0 amide bonds. The molecule has 0 bridgehead atoms. The molecule has 4 nitrogen and oxygen atoms in total. The number of nitrogens with zero attached hydrogens (tertiary/aromatic N) is 3. The van der Waals surface area contributed by atoms with Crippen molar-refractivity contribution in [2.45, 2.75) is 33.7 Å². The third-order valence-corrected chi connectivity index (χ3v) is 4.77. The second kappa shape index (κ2) is 6.79. The first-order valence-corrected chi connectivity index (χ1v) is 9.09. The van der Waals surface area contributed by atoms with Crippen molar-refractivity contribution in [3.8, 4) is 0 Å². The molecule has 0 saturated carbocycles. The van der Waals surface area contributed by atoms with E-state index in [2.05, 4.69) is 77.6 Å². The molecule has 2 heterocycles. The summed E-state index contributed by atoms with van der Waals surface area (Å²) >= 11 is 0. The van der Waals surface area contributed by atoms with Gasteiger partial charge < -0.3 is 10.2 Å². The third kappa shape index (κ3) is 3.54. The fourth-order valence-electron chi connectivity index (χ4n) is 3.64. The number of aryl methyl sites for hydroxylation is 3. The molecular weight excluding hydrogens is 320 g/mol. The summed E-state index contributed by atoms with van der Waals surface area (Å²) < 4.78 is 0. The average molecular weight is 344 g/mol. The first-order valence-electron chi connectivity index (χ1n) is 9.09. The molecule has 0 radical (unpaired) electrons. The highest BCUT2D eigenvalue weighted by atomic mass is 15.2. The monoisotopic (exact) mass is 344 g/mol. The van der Waals surface area contributed by atoms with Crippen molar-refractivity contribution >= 4 is 17.5 Å². The van der Waals surface area contributed by atoms with Gasteiger partial charge in [-0.05, 0) is 61.6 Å². The molecule has 0 spiro atoms. The van der Waals surface area contributed by atoms with E-state index in [-0.39, 0.29) is 0 Å². The molecule has 132 valence electrons. The van der Waals surface area contributed by atoms with Gasteiger partial charge in [0.05, 0.1) is 0 Å². The van der Waals surface area contributed by atoms with Crippen LogP contribution in [0.3, 0.4) is 0 Å². The molecule has 0 atom stereocenters. The zero-order chi connectivity index (χ0) is 18.1. The SMILES string of the molecule is Cc1cc(C)cc(Nc2nc(C)cc(N3CCc4ccccc4C3)n2)c1. The second-order valence-corrected chi connectivity index (χ2v) is 7.13. The Morgan fingerprint density at radius 2 is 1.62 bits per heavy atom. The zero-order valence-electron chi connectivity index (χ0n) is 15.6. The summed E-state index contributed by atoms with van der Waals surface area (Å²) in [6.07, 6.45) is 1.05. The lowest BCUT2D eigenvalue weighted by Gasteiger charge is -2.30. The molecule has 1 aromatic heterocycles. The number of nitrogens with one attached hydrogen (secondary N) is 1. The number of fused-ring (bicyclic) bond motifs is 1. The Bertz CT molecular complexity index is 928. The van der Waals surface area contributed by atoms with E-state index in [1.807, 2.05) is 6.92 Å². The zero-order valence-corrected chi connectivity index (χ0v) is 15.6. The van der Waals surface area contributed by atoms with Crippen LogP contribution >= 0.6 is 0 Å². The number of rotatable bonds is 3. The quantitative estimate of drug-likeness (QED) is 0.747. The van der Waals surface area contributed by atoms with E-state index in [9.17, 15) is 0 Å². The Kier molecular flexibility index (Phi) is 4.33. The topological polar surface area (TPSA) is 41.1 Å². The summed E-state index contributed by atoms with van der Waals surface area (Å²) in [6, 6.07) is 17.1. The summed E-state index contributed by atoms with van der Waals surface area (Å²) in [5, 5.41) is 3.38. The van der Waals surface area contributed by atoms with Gasteiger partial charge in [-0.25, -0.2) is 4.98 Å². The van der Waals surface area contributed by atoms with Crippen molar-refractivity contribution in [3.05, 3.63) is 76.5 Å². The van der Waals surface area contributed by atoms with E-state index < -0.39 is 0 Å². The van der Waals surface area contributed by atoms with Crippen molar-refractivity contribution in [2.75, 3.05) is 16.8 Å². The van der Waals surface area contributed by atoms with Crippen LogP contribution in [-0.2, 0) is 13.0 Å². The van der Waals surface area contributed by atoms with Gasteiger partial charge in [-0.15, -0.1) is 0 Å². The van der Waals surface area contributed by atoms with Crippen LogP contribution in [0.1, 0.15) is 27.9 Å². The minimum absolute atomic E-state index is 0.656. The molecule has 1 aliphatic rings. The number of aromatic nitrogens is 2. The van der Waals surface area contributed by atoms with Crippen molar-refractivity contribution in [2.24, 2.45) is 0 Å². The Labute approximate surface area is 154 Å². The van der Waals surface area contributed by atoms with Crippen LogP contribution in [0.15, 0.2) is 48.5 Å². The summed E-state index contributed by atoms with van der Waals surface area (Å²) in [4.78, 5) is 11.7. The molecule has 0 saturated heterocycles. The summed E-state index contributed by atoms with van der Waals surface area (Å²) in [5.74, 6) is 1.64. The number of hydrogen-bond acceptors (Lipinski definition) is 4. The molecule has 4 rings (SSSR count). The third-order valence-electron chi connectivity index (χ3n) is 4.77. The molecule has 3 aromatic rings. The van der Waals surface area contributed by atoms with Crippen LogP contribution in [-0.4, -0.2) is 16.5 Å². The molecule has 1 N–H and O–H groups in total. The molecule has 1 aliphatic heterocycles. The highest BCUT2D eigenvalue weighted by Crippen LogP contribution is 2.25. The van der Waals surface area contributed by atoms with Crippen molar-refractivity contribution in [1.29, 1.82) is 0 Å². The van der Waals surface area contributed by atoms with Gasteiger partial charge in [0, 0.05) is 30.5 Å². The standard InChI is InChI=1S/C22H24N4/c1-15-10-16(2)12-20(11-15)24-22-23-17(3)13-21(25-22)26-9-8-18-6-4-5-7-19(18)14-26/h4-7,10-13H,8-9,14H2,1-3H3,(H,23,24,25). The number of hydrogen-bond donors (Lipinski definition) is 1. The van der Waals surface area contributed by atoms with Gasteiger partial charge in [0.1, 0.15) is 5.82 Å². The van der Waals surface area contributed by atoms with Gasteiger partial charge in [0.15, 0.2) is 0 Å². The largest absolute Gasteiger partial charge is 0.352 e. The van der Waals surface area contributed by atoms with Gasteiger partial charge >= 0.3 is 0 Å². The summed E-state index contributed by atoms with van der Waals surface area (Å²) in [7, 11) is 0. The fraction of sp³-hybridized carbons (Fsp3) is 0.273. The normalized spacial score (nSPS) is 13.4. The molecule has 0 aliphatic carbocycles. The van der Waals surface area contributed by atoms with E-state index in [1.165, 1.54) is 22.3 Å². The van der Waals surface area contributed by atoms with E-state index in [0.717, 1.165) is 36.7 Å². The maximum atomic E-state index is 4.79. The maximum Gasteiger partial charge on any atom is 0.229 e. The Morgan fingerprint density at radius 1 is 0.885 bits per heavy atom. The highest BCUT2D eigenvalue weighted by molar-refractivity contribution is 5.58. The average Bonchev–Trinajstić information content (AvgIpc) is 2.60. The van der Waals surface area contributed by atoms with Crippen LogP contribution in [0.4, 0.5) is 17.5 Å². The van der Waals surface area contributed by atoms with Crippen molar-refractivity contribution < 1.29 is 0 Å². The highest BCUT2D eigenvalue weighted by Gasteiger charge is 2.18. The molecule has 2 aromatic carbocycles. The van der Waals surface area contributed by atoms with E-state index >= 15 is 0 Å². The van der Waals surface area contributed by atoms with E-state index in [1.54, 1.807) is 0 Å². The van der Waals surface area contributed by atoms with Crippen molar-refractivity contribution in [1.82, 2.24) is 9.97 Å². The first kappa shape index (κ1) is 16.6. The lowest BCUT2D eigenvalue weighted by molar-refractivity contribution is 0.719. The molecule has 0 unspecified atom stereocenters. The van der Waals surface area contributed by atoms with Gasteiger partial charge in [0.2, 0.25) is 5.95 Å². The fourth-order valence-corrected chi connectivity index (χ4v) is 3.64. The van der Waals surface area contributed by atoms with Crippen LogP contribution in [0, 0.1) is 20.8 Å².